The maximum absolute atomic E-state index is 14.4. The van der Waals surface area contributed by atoms with Gasteiger partial charge in [0.2, 0.25) is 11.8 Å². The summed E-state index contributed by atoms with van der Waals surface area (Å²) in [4.78, 5) is 29.8. The maximum Gasteiger partial charge on any atom is 0.264 e. The Kier molecular flexibility index (Phi) is 9.80. The summed E-state index contributed by atoms with van der Waals surface area (Å²) in [5.74, 6) is -0.806. The van der Waals surface area contributed by atoms with E-state index < -0.39 is 34.1 Å². The molecule has 0 radical (unpaired) electrons. The topological polar surface area (TPSA) is 86.8 Å². The highest BCUT2D eigenvalue weighted by atomic mass is 32.2. The molecule has 218 valence electrons. The number of hydrogen-bond donors (Lipinski definition) is 1. The summed E-state index contributed by atoms with van der Waals surface area (Å²) in [6.07, 6.45) is 0.262. The molecular weight excluding hydrogens is 546 g/mol. The van der Waals surface area contributed by atoms with Crippen LogP contribution in [0.15, 0.2) is 126 Å². The summed E-state index contributed by atoms with van der Waals surface area (Å²) < 4.78 is 28.9. The van der Waals surface area contributed by atoms with Gasteiger partial charge in [-0.05, 0) is 56.2 Å². The van der Waals surface area contributed by atoms with E-state index in [0.29, 0.717) is 5.69 Å². The molecule has 2 amide bonds. The van der Waals surface area contributed by atoms with E-state index in [1.54, 1.807) is 48.5 Å². The zero-order valence-electron chi connectivity index (χ0n) is 24.2. The van der Waals surface area contributed by atoms with Crippen molar-refractivity contribution in [2.45, 2.75) is 50.2 Å². The van der Waals surface area contributed by atoms with E-state index in [4.69, 9.17) is 0 Å². The van der Waals surface area contributed by atoms with E-state index in [-0.39, 0.29) is 23.8 Å². The Bertz CT molecular complexity index is 1560. The Morgan fingerprint density at radius 1 is 0.714 bits per heavy atom. The van der Waals surface area contributed by atoms with Gasteiger partial charge in [0.25, 0.3) is 10.0 Å². The van der Waals surface area contributed by atoms with E-state index in [0.717, 1.165) is 15.4 Å². The van der Waals surface area contributed by atoms with Crippen LogP contribution in [0.3, 0.4) is 0 Å². The summed E-state index contributed by atoms with van der Waals surface area (Å²) in [6, 6.07) is 34.6. The van der Waals surface area contributed by atoms with Gasteiger partial charge in [0, 0.05) is 18.5 Å². The smallest absolute Gasteiger partial charge is 0.264 e. The van der Waals surface area contributed by atoms with E-state index in [2.05, 4.69) is 5.32 Å². The maximum atomic E-state index is 14.4. The fourth-order valence-corrected chi connectivity index (χ4v) is 6.06. The minimum absolute atomic E-state index is 0.0718. The molecule has 7 nitrogen and oxygen atoms in total. The molecule has 0 aliphatic heterocycles. The van der Waals surface area contributed by atoms with Gasteiger partial charge in [-0.1, -0.05) is 97.1 Å². The first-order valence-electron chi connectivity index (χ1n) is 13.9. The van der Waals surface area contributed by atoms with Gasteiger partial charge in [-0.3, -0.25) is 13.9 Å². The molecule has 8 heteroatoms. The first-order chi connectivity index (χ1) is 20.0. The molecule has 0 saturated carbocycles. The van der Waals surface area contributed by atoms with Crippen molar-refractivity contribution in [2.24, 2.45) is 0 Å². The number of carbonyl (C=O) groups excluding carboxylic acids is 2. The van der Waals surface area contributed by atoms with Crippen molar-refractivity contribution in [3.8, 4) is 0 Å². The largest absolute Gasteiger partial charge is 0.350 e. The van der Waals surface area contributed by atoms with Crippen LogP contribution in [0.2, 0.25) is 0 Å². The Balaban J connectivity index is 1.78. The van der Waals surface area contributed by atoms with Crippen LogP contribution in [0, 0.1) is 0 Å². The number of nitrogens with one attached hydrogen (secondary N) is 1. The van der Waals surface area contributed by atoms with Crippen molar-refractivity contribution in [3.63, 3.8) is 0 Å². The number of rotatable bonds is 11. The molecule has 4 rings (SSSR count). The number of sulfonamides is 1. The normalized spacial score (nSPS) is 12.3. The second-order valence-electron chi connectivity index (χ2n) is 11.1. The molecule has 4 aromatic carbocycles. The standard InChI is InChI=1S/C34H37N3O4S/c1-34(2,3)35-33(39)31(24-27-16-8-4-9-17-27)36(25-28-18-10-5-11-19-28)32(38)26-37(29-20-12-6-13-21-29)42(40,41)30-22-14-7-15-23-30/h4-23,31H,24-26H2,1-3H3,(H,35,39). The molecule has 0 saturated heterocycles. The molecule has 0 aliphatic rings. The molecule has 0 heterocycles. The van der Waals surface area contributed by atoms with Gasteiger partial charge in [0.15, 0.2) is 0 Å². The molecule has 4 aromatic rings. The fourth-order valence-electron chi connectivity index (χ4n) is 4.63. The number of benzene rings is 4. The molecule has 0 spiro atoms. The molecule has 0 bridgehead atoms. The van der Waals surface area contributed by atoms with Gasteiger partial charge >= 0.3 is 0 Å². The molecule has 0 aliphatic carbocycles. The number of nitrogens with zero attached hydrogens (tertiary/aromatic N) is 2. The highest BCUT2D eigenvalue weighted by Crippen LogP contribution is 2.25. The van der Waals surface area contributed by atoms with Gasteiger partial charge in [-0.2, -0.15) is 0 Å². The Labute approximate surface area is 248 Å². The summed E-state index contributed by atoms with van der Waals surface area (Å²) in [5, 5.41) is 3.04. The van der Waals surface area contributed by atoms with Crippen LogP contribution in [-0.2, 0) is 32.6 Å². The molecule has 1 atom stereocenters. The van der Waals surface area contributed by atoms with Crippen molar-refractivity contribution in [1.29, 1.82) is 0 Å². The molecule has 1 N–H and O–H groups in total. The third-order valence-electron chi connectivity index (χ3n) is 6.62. The summed E-state index contributed by atoms with van der Waals surface area (Å²) in [7, 11) is -4.10. The van der Waals surface area contributed by atoms with Crippen LogP contribution in [0.1, 0.15) is 31.9 Å². The molecule has 42 heavy (non-hydrogen) atoms. The lowest BCUT2D eigenvalue weighted by Gasteiger charge is -2.35. The lowest BCUT2D eigenvalue weighted by Crippen LogP contribution is -2.56. The lowest BCUT2D eigenvalue weighted by molar-refractivity contribution is -0.140. The number of para-hydroxylation sites is 1. The van der Waals surface area contributed by atoms with Crippen LogP contribution in [0.25, 0.3) is 0 Å². The SMILES string of the molecule is CC(C)(C)NC(=O)C(Cc1ccccc1)N(Cc1ccccc1)C(=O)CN(c1ccccc1)S(=O)(=O)c1ccccc1. The fraction of sp³-hybridized carbons (Fsp3) is 0.235. The van der Waals surface area contributed by atoms with Gasteiger partial charge in [0.05, 0.1) is 10.6 Å². The van der Waals surface area contributed by atoms with E-state index >= 15 is 0 Å². The second-order valence-corrected chi connectivity index (χ2v) is 13.0. The molecule has 0 fully saturated rings. The zero-order chi connectivity index (χ0) is 30.2. The van der Waals surface area contributed by atoms with Gasteiger partial charge < -0.3 is 10.2 Å². The first kappa shape index (κ1) is 30.5. The Morgan fingerprint density at radius 3 is 1.71 bits per heavy atom. The molecule has 0 aromatic heterocycles. The monoisotopic (exact) mass is 583 g/mol. The minimum Gasteiger partial charge on any atom is -0.350 e. The predicted octanol–water partition coefficient (Wildman–Crippen LogP) is 5.44. The summed E-state index contributed by atoms with van der Waals surface area (Å²) >= 11 is 0. The average molecular weight is 584 g/mol. The average Bonchev–Trinajstić information content (AvgIpc) is 2.98. The Hall–Kier alpha value is -4.43. The van der Waals surface area contributed by atoms with Crippen LogP contribution < -0.4 is 9.62 Å². The summed E-state index contributed by atoms with van der Waals surface area (Å²) in [6.45, 7) is 5.30. The van der Waals surface area contributed by atoms with Crippen molar-refractivity contribution in [3.05, 3.63) is 132 Å². The zero-order valence-corrected chi connectivity index (χ0v) is 25.0. The van der Waals surface area contributed by atoms with E-state index in [1.807, 2.05) is 81.4 Å². The van der Waals surface area contributed by atoms with Gasteiger partial charge in [0.1, 0.15) is 12.6 Å². The number of anilines is 1. The number of amides is 2. The third-order valence-corrected chi connectivity index (χ3v) is 8.41. The van der Waals surface area contributed by atoms with Crippen molar-refractivity contribution in [1.82, 2.24) is 10.2 Å². The van der Waals surface area contributed by atoms with E-state index in [1.165, 1.54) is 17.0 Å². The molecule has 1 unspecified atom stereocenters. The van der Waals surface area contributed by atoms with Gasteiger partial charge in [-0.25, -0.2) is 8.42 Å². The third kappa shape index (κ3) is 8.07. The minimum atomic E-state index is -4.10. The first-order valence-corrected chi connectivity index (χ1v) is 15.3. The lowest BCUT2D eigenvalue weighted by atomic mass is 10.0. The van der Waals surface area contributed by atoms with Crippen LogP contribution in [-0.4, -0.2) is 43.3 Å². The predicted molar refractivity (Wildman–Crippen MR) is 166 cm³/mol. The molecular formula is C34H37N3O4S. The van der Waals surface area contributed by atoms with Crippen LogP contribution in [0.4, 0.5) is 5.69 Å². The van der Waals surface area contributed by atoms with Crippen molar-refractivity contribution < 1.29 is 18.0 Å². The highest BCUT2D eigenvalue weighted by molar-refractivity contribution is 7.92. The second kappa shape index (κ2) is 13.5. The van der Waals surface area contributed by atoms with Crippen molar-refractivity contribution >= 4 is 27.5 Å². The number of carbonyl (C=O) groups is 2. The quantitative estimate of drug-likeness (QED) is 0.255. The van der Waals surface area contributed by atoms with Gasteiger partial charge in [-0.15, -0.1) is 0 Å². The number of hydrogen-bond acceptors (Lipinski definition) is 4. The highest BCUT2D eigenvalue weighted by Gasteiger charge is 2.35. The summed E-state index contributed by atoms with van der Waals surface area (Å²) in [5.41, 5.74) is 1.52. The van der Waals surface area contributed by atoms with E-state index in [9.17, 15) is 18.0 Å². The van der Waals surface area contributed by atoms with Crippen LogP contribution in [0.5, 0.6) is 0 Å². The van der Waals surface area contributed by atoms with Crippen LogP contribution >= 0.6 is 0 Å². The van der Waals surface area contributed by atoms with Crippen molar-refractivity contribution in [2.75, 3.05) is 10.8 Å². The Morgan fingerprint density at radius 2 is 1.19 bits per heavy atom.